The summed E-state index contributed by atoms with van der Waals surface area (Å²) in [5, 5.41) is 3.63. The number of nitrogens with zero attached hydrogens (tertiary/aromatic N) is 1. The number of halogens is 1. The molecule has 1 N–H and O–H groups in total. The third-order valence-electron chi connectivity index (χ3n) is 7.44. The molecule has 3 atom stereocenters. The van der Waals surface area contributed by atoms with Crippen molar-refractivity contribution in [2.45, 2.75) is 11.5 Å². The molecule has 3 aliphatic rings. The number of benzene rings is 3. The maximum absolute atomic E-state index is 14.5. The first-order chi connectivity index (χ1) is 15.5. The highest BCUT2D eigenvalue weighted by Gasteiger charge is 2.75. The number of nitrogens with one attached hydrogen (secondary N) is 1. The summed E-state index contributed by atoms with van der Waals surface area (Å²) < 4.78 is 6.25. The minimum Gasteiger partial charge on any atom is -0.492 e. The Morgan fingerprint density at radius 1 is 1.00 bits per heavy atom. The molecule has 3 heterocycles. The third-order valence-corrected chi connectivity index (χ3v) is 7.78. The summed E-state index contributed by atoms with van der Waals surface area (Å²) in [6, 6.07) is 22.5. The van der Waals surface area contributed by atoms with Crippen LogP contribution in [0.15, 0.2) is 72.8 Å². The fourth-order valence-corrected chi connectivity index (χ4v) is 6.42. The van der Waals surface area contributed by atoms with Crippen LogP contribution in [0, 0.1) is 5.41 Å². The molecule has 1 fully saturated rings. The topological polar surface area (TPSA) is 58.6 Å². The number of amides is 1. The number of likely N-dealkylation sites (tertiary alicyclic amines) is 1. The zero-order valence-corrected chi connectivity index (χ0v) is 18.2. The quantitative estimate of drug-likeness (QED) is 0.601. The average Bonchev–Trinajstić information content (AvgIpc) is 3.25. The van der Waals surface area contributed by atoms with Gasteiger partial charge in [-0.15, -0.1) is 0 Å². The van der Waals surface area contributed by atoms with Gasteiger partial charge in [-0.2, -0.15) is 0 Å². The molecule has 1 amide bonds. The number of hydrogen-bond acceptors (Lipinski definition) is 4. The lowest BCUT2D eigenvalue weighted by molar-refractivity contribution is -0.131. The van der Waals surface area contributed by atoms with E-state index in [0.29, 0.717) is 22.9 Å². The number of Topliss-reactive ketones (excluding diaryl/α,β-unsaturated/α-hetero) is 1. The Kier molecular flexibility index (Phi) is 4.07. The lowest BCUT2D eigenvalue weighted by Crippen LogP contribution is -2.62. The van der Waals surface area contributed by atoms with E-state index in [4.69, 9.17) is 16.3 Å². The van der Waals surface area contributed by atoms with Gasteiger partial charge in [0.05, 0.1) is 5.56 Å². The van der Waals surface area contributed by atoms with E-state index in [2.05, 4.69) is 5.32 Å². The largest absolute Gasteiger partial charge is 0.492 e. The van der Waals surface area contributed by atoms with Crippen molar-refractivity contribution < 1.29 is 14.3 Å². The van der Waals surface area contributed by atoms with E-state index in [1.165, 1.54) is 0 Å². The van der Waals surface area contributed by atoms with Gasteiger partial charge in [-0.3, -0.25) is 14.5 Å². The highest BCUT2D eigenvalue weighted by molar-refractivity contribution is 6.31. The Balaban J connectivity index is 1.69. The molecule has 5 nitrogen and oxygen atoms in total. The number of fused-ring (bicyclic) bond motifs is 4. The van der Waals surface area contributed by atoms with E-state index in [9.17, 15) is 9.59 Å². The van der Waals surface area contributed by atoms with Crippen LogP contribution in [0.25, 0.3) is 0 Å². The van der Waals surface area contributed by atoms with Crippen LogP contribution < -0.4 is 10.1 Å². The Labute approximate surface area is 190 Å². The molecule has 0 unspecified atom stereocenters. The van der Waals surface area contributed by atoms with Crippen LogP contribution in [-0.2, 0) is 10.3 Å². The lowest BCUT2D eigenvalue weighted by Gasteiger charge is -2.47. The number of carbonyl (C=O) groups excluding carboxylic acids is 2. The van der Waals surface area contributed by atoms with Crippen molar-refractivity contribution in [1.82, 2.24) is 4.90 Å². The first-order valence-corrected chi connectivity index (χ1v) is 11.0. The molecule has 3 aliphatic heterocycles. The second-order valence-electron chi connectivity index (χ2n) is 8.75. The standard InChI is InChI=1S/C26H21ClN2O3/c1-29-14-19(16-8-2-5-11-20(16)27)25(15-32-22-13-7-3-9-17(22)23(25)30)26(29)18-10-4-6-12-21(18)28-24(26)31/h2-13,19H,14-15H2,1H3,(H,28,31)/t19-,25-,26+/m1/s1. The monoisotopic (exact) mass is 444 g/mol. The second kappa shape index (κ2) is 6.67. The van der Waals surface area contributed by atoms with Crippen molar-refractivity contribution >= 4 is 29.0 Å². The van der Waals surface area contributed by atoms with Crippen molar-refractivity contribution in [2.24, 2.45) is 5.41 Å². The van der Waals surface area contributed by atoms with E-state index in [-0.39, 0.29) is 24.2 Å². The molecule has 0 saturated carbocycles. The summed E-state index contributed by atoms with van der Waals surface area (Å²) in [6.07, 6.45) is 0. The van der Waals surface area contributed by atoms with Gasteiger partial charge in [0.1, 0.15) is 23.3 Å². The molecular weight excluding hydrogens is 424 g/mol. The fraction of sp³-hybridized carbons (Fsp3) is 0.231. The normalized spacial score (nSPS) is 28.5. The second-order valence-corrected chi connectivity index (χ2v) is 9.16. The van der Waals surface area contributed by atoms with Gasteiger partial charge in [0, 0.05) is 28.7 Å². The summed E-state index contributed by atoms with van der Waals surface area (Å²) in [6.45, 7) is 0.577. The van der Waals surface area contributed by atoms with E-state index in [0.717, 1.165) is 16.8 Å². The van der Waals surface area contributed by atoms with Crippen LogP contribution in [0.3, 0.4) is 0 Å². The van der Waals surface area contributed by atoms with Gasteiger partial charge >= 0.3 is 0 Å². The maximum atomic E-state index is 14.5. The number of ketones is 1. The van der Waals surface area contributed by atoms with Crippen molar-refractivity contribution in [2.75, 3.05) is 25.5 Å². The molecule has 3 aromatic rings. The number of rotatable bonds is 1. The molecule has 6 rings (SSSR count). The van der Waals surface area contributed by atoms with Crippen molar-refractivity contribution in [3.05, 3.63) is 94.5 Å². The number of para-hydroxylation sites is 2. The van der Waals surface area contributed by atoms with Gasteiger partial charge in [0.2, 0.25) is 0 Å². The average molecular weight is 445 g/mol. The Morgan fingerprint density at radius 2 is 1.72 bits per heavy atom. The summed E-state index contributed by atoms with van der Waals surface area (Å²) in [5.74, 6) is -0.0658. The predicted molar refractivity (Wildman–Crippen MR) is 122 cm³/mol. The van der Waals surface area contributed by atoms with E-state index < -0.39 is 11.0 Å². The number of hydrogen-bond donors (Lipinski definition) is 1. The summed E-state index contributed by atoms with van der Waals surface area (Å²) in [5.41, 5.74) is 0.498. The molecule has 6 heteroatoms. The third kappa shape index (κ3) is 2.17. The molecule has 0 aromatic heterocycles. The number of anilines is 1. The summed E-state index contributed by atoms with van der Waals surface area (Å²) in [7, 11) is 1.91. The molecule has 0 aliphatic carbocycles. The SMILES string of the molecule is CN1C[C@H](c2ccccc2Cl)[C@@]2(COc3ccccc3C2=O)[C@]12C(=O)Nc1ccccc12. The smallest absolute Gasteiger partial charge is 0.250 e. The predicted octanol–water partition coefficient (Wildman–Crippen LogP) is 4.48. The lowest BCUT2D eigenvalue weighted by atomic mass is 9.57. The van der Waals surface area contributed by atoms with Gasteiger partial charge in [0.15, 0.2) is 5.78 Å². The van der Waals surface area contributed by atoms with Crippen LogP contribution in [-0.4, -0.2) is 36.8 Å². The van der Waals surface area contributed by atoms with Crippen LogP contribution >= 0.6 is 11.6 Å². The van der Waals surface area contributed by atoms with Gasteiger partial charge in [-0.25, -0.2) is 0 Å². The summed E-state index contributed by atoms with van der Waals surface area (Å²) in [4.78, 5) is 30.3. The molecule has 1 saturated heterocycles. The van der Waals surface area contributed by atoms with Crippen LogP contribution in [0.2, 0.25) is 5.02 Å². The number of likely N-dealkylation sites (N-methyl/N-ethyl adjacent to an activating group) is 1. The van der Waals surface area contributed by atoms with Gasteiger partial charge in [0.25, 0.3) is 5.91 Å². The molecule has 32 heavy (non-hydrogen) atoms. The Bertz CT molecular complexity index is 1290. The van der Waals surface area contributed by atoms with E-state index in [1.54, 1.807) is 12.1 Å². The van der Waals surface area contributed by atoms with E-state index in [1.807, 2.05) is 72.6 Å². The van der Waals surface area contributed by atoms with Crippen molar-refractivity contribution in [1.29, 1.82) is 0 Å². The molecule has 160 valence electrons. The van der Waals surface area contributed by atoms with E-state index >= 15 is 0 Å². The molecule has 0 bridgehead atoms. The molecule has 3 aromatic carbocycles. The maximum Gasteiger partial charge on any atom is 0.250 e. The molecular formula is C26H21ClN2O3. The molecule has 2 spiro atoms. The summed E-state index contributed by atoms with van der Waals surface area (Å²) >= 11 is 6.66. The fourth-order valence-electron chi connectivity index (χ4n) is 6.15. The number of carbonyl (C=O) groups is 2. The van der Waals surface area contributed by atoms with Gasteiger partial charge in [-0.05, 0) is 36.9 Å². The molecule has 0 radical (unpaired) electrons. The van der Waals surface area contributed by atoms with Gasteiger partial charge < -0.3 is 10.1 Å². The van der Waals surface area contributed by atoms with Crippen LogP contribution in [0.1, 0.15) is 27.4 Å². The number of ether oxygens (including phenoxy) is 1. The van der Waals surface area contributed by atoms with Crippen molar-refractivity contribution in [3.63, 3.8) is 0 Å². The Hall–Kier alpha value is -3.15. The minimum absolute atomic E-state index is 0.0829. The zero-order chi connectivity index (χ0) is 22.1. The van der Waals surface area contributed by atoms with Crippen LogP contribution in [0.4, 0.5) is 5.69 Å². The first-order valence-electron chi connectivity index (χ1n) is 10.6. The zero-order valence-electron chi connectivity index (χ0n) is 17.5. The highest BCUT2D eigenvalue weighted by atomic mass is 35.5. The van der Waals surface area contributed by atoms with Crippen LogP contribution in [0.5, 0.6) is 5.75 Å². The van der Waals surface area contributed by atoms with Crippen molar-refractivity contribution in [3.8, 4) is 5.75 Å². The Morgan fingerprint density at radius 3 is 2.56 bits per heavy atom. The first kappa shape index (κ1) is 19.5. The minimum atomic E-state index is -1.21. The van der Waals surface area contributed by atoms with Gasteiger partial charge in [-0.1, -0.05) is 60.1 Å². The highest BCUT2D eigenvalue weighted by Crippen LogP contribution is 2.64.